The van der Waals surface area contributed by atoms with Crippen LogP contribution < -0.4 is 0 Å². The lowest BCUT2D eigenvalue weighted by atomic mass is 10.0. The van der Waals surface area contributed by atoms with Gasteiger partial charge in [0.1, 0.15) is 19.3 Å². The Morgan fingerprint density at radius 2 is 0.511 bits per heavy atom. The molecule has 2 unspecified atom stereocenters. The summed E-state index contributed by atoms with van der Waals surface area (Å²) in [5, 5.41) is 10.6. The highest BCUT2D eigenvalue weighted by Crippen LogP contribution is 2.45. The zero-order valence-electron chi connectivity index (χ0n) is 58.3. The van der Waals surface area contributed by atoms with Gasteiger partial charge in [-0.1, -0.05) is 317 Å². The van der Waals surface area contributed by atoms with Crippen molar-refractivity contribution in [2.24, 2.45) is 5.92 Å². The molecule has 534 valence electrons. The van der Waals surface area contributed by atoms with Crippen LogP contribution in [-0.2, 0) is 65.4 Å². The third-order valence-electron chi connectivity index (χ3n) is 16.5. The summed E-state index contributed by atoms with van der Waals surface area (Å²) >= 11 is 0. The third kappa shape index (κ3) is 64.8. The molecule has 90 heavy (non-hydrogen) atoms. The summed E-state index contributed by atoms with van der Waals surface area (Å²) in [5.74, 6) is -1.41. The Morgan fingerprint density at radius 3 is 0.756 bits per heavy atom. The molecule has 3 N–H and O–H groups in total. The van der Waals surface area contributed by atoms with Crippen LogP contribution in [0.1, 0.15) is 369 Å². The van der Waals surface area contributed by atoms with Gasteiger partial charge in [0, 0.05) is 25.7 Å². The number of carbonyl (C=O) groups excluding carboxylic acids is 4. The summed E-state index contributed by atoms with van der Waals surface area (Å²) in [4.78, 5) is 72.3. The fraction of sp³-hybridized carbons (Fsp3) is 0.944. The highest BCUT2D eigenvalue weighted by molar-refractivity contribution is 7.47. The predicted molar refractivity (Wildman–Crippen MR) is 363 cm³/mol. The average Bonchev–Trinajstić information content (AvgIpc) is 3.42. The van der Waals surface area contributed by atoms with E-state index in [0.29, 0.717) is 25.7 Å². The lowest BCUT2D eigenvalue weighted by molar-refractivity contribution is -0.161. The molecule has 0 radical (unpaired) electrons. The molecule has 0 heterocycles. The van der Waals surface area contributed by atoms with Crippen LogP contribution in [0.25, 0.3) is 0 Å². The zero-order chi connectivity index (χ0) is 66.3. The first-order valence-electron chi connectivity index (χ1n) is 37.1. The van der Waals surface area contributed by atoms with Gasteiger partial charge < -0.3 is 33.8 Å². The molecule has 0 saturated heterocycles. The fourth-order valence-corrected chi connectivity index (χ4v) is 12.4. The van der Waals surface area contributed by atoms with Crippen molar-refractivity contribution in [1.82, 2.24) is 0 Å². The summed E-state index contributed by atoms with van der Waals surface area (Å²) in [6.07, 6.45) is 51.9. The van der Waals surface area contributed by atoms with Crippen molar-refractivity contribution in [3.63, 3.8) is 0 Å². The lowest BCUT2D eigenvalue weighted by Gasteiger charge is -2.21. The Morgan fingerprint density at radius 1 is 0.300 bits per heavy atom. The second kappa shape index (κ2) is 64.4. The molecule has 0 aliphatic carbocycles. The molecule has 0 aromatic heterocycles. The minimum atomic E-state index is -4.95. The number of phosphoric acid groups is 2. The SMILES string of the molecule is CCCCCCCCCCCCCCCCCCCCCC(=O)O[C@H](COC(=O)CCCCCCCCCCCCCCCCC)COP(=O)(O)OC[C@@H](O)COP(=O)(O)OC[C@@H](COC(=O)CCCCCCC)OC(=O)CCCCCCCCCCC(C)C. The largest absolute Gasteiger partial charge is 0.472 e. The number of phosphoric ester groups is 2. The Kier molecular flexibility index (Phi) is 63.0. The minimum Gasteiger partial charge on any atom is -0.462 e. The van der Waals surface area contributed by atoms with E-state index in [1.165, 1.54) is 186 Å². The molecule has 0 spiro atoms. The van der Waals surface area contributed by atoms with E-state index in [1.807, 2.05) is 0 Å². The van der Waals surface area contributed by atoms with Gasteiger partial charge in [-0.2, -0.15) is 0 Å². The molecule has 0 amide bonds. The molecule has 0 bridgehead atoms. The third-order valence-corrected chi connectivity index (χ3v) is 18.4. The van der Waals surface area contributed by atoms with Crippen molar-refractivity contribution < 1.29 is 80.2 Å². The zero-order valence-corrected chi connectivity index (χ0v) is 60.1. The van der Waals surface area contributed by atoms with Crippen molar-refractivity contribution >= 4 is 39.5 Å². The number of hydrogen-bond acceptors (Lipinski definition) is 15. The summed E-state index contributed by atoms with van der Waals surface area (Å²) in [6.45, 7) is 7.12. The highest BCUT2D eigenvalue weighted by atomic mass is 31.2. The summed E-state index contributed by atoms with van der Waals surface area (Å²) in [7, 11) is -9.89. The van der Waals surface area contributed by atoms with Gasteiger partial charge in [-0.15, -0.1) is 0 Å². The van der Waals surface area contributed by atoms with E-state index in [0.717, 1.165) is 102 Å². The van der Waals surface area contributed by atoms with Gasteiger partial charge in [-0.3, -0.25) is 37.3 Å². The van der Waals surface area contributed by atoms with Gasteiger partial charge in [0.2, 0.25) is 0 Å². The van der Waals surface area contributed by atoms with Crippen molar-refractivity contribution in [1.29, 1.82) is 0 Å². The maximum atomic E-state index is 13.0. The summed E-state index contributed by atoms with van der Waals surface area (Å²) in [6, 6.07) is 0. The van der Waals surface area contributed by atoms with Crippen molar-refractivity contribution in [3.8, 4) is 0 Å². The van der Waals surface area contributed by atoms with Gasteiger partial charge >= 0.3 is 39.5 Å². The highest BCUT2D eigenvalue weighted by Gasteiger charge is 2.30. The van der Waals surface area contributed by atoms with E-state index in [1.54, 1.807) is 0 Å². The van der Waals surface area contributed by atoms with Crippen molar-refractivity contribution in [3.05, 3.63) is 0 Å². The fourth-order valence-electron chi connectivity index (χ4n) is 10.8. The molecule has 17 nitrogen and oxygen atoms in total. The van der Waals surface area contributed by atoms with Crippen LogP contribution in [0.5, 0.6) is 0 Å². The van der Waals surface area contributed by atoms with E-state index in [4.69, 9.17) is 37.0 Å². The Bertz CT molecular complexity index is 1740. The normalized spacial score (nSPS) is 14.1. The van der Waals surface area contributed by atoms with Crippen LogP contribution in [0.3, 0.4) is 0 Å². The van der Waals surface area contributed by atoms with Crippen LogP contribution >= 0.6 is 15.6 Å². The number of aliphatic hydroxyl groups excluding tert-OH is 1. The van der Waals surface area contributed by atoms with E-state index in [2.05, 4.69) is 34.6 Å². The average molecular weight is 1330 g/mol. The molecular formula is C71H138O17P2. The van der Waals surface area contributed by atoms with Crippen LogP contribution in [0.4, 0.5) is 0 Å². The monoisotopic (exact) mass is 1320 g/mol. The van der Waals surface area contributed by atoms with E-state index < -0.39 is 97.5 Å². The molecule has 0 aliphatic rings. The van der Waals surface area contributed by atoms with Crippen molar-refractivity contribution in [2.45, 2.75) is 387 Å². The van der Waals surface area contributed by atoms with E-state index >= 15 is 0 Å². The Hall–Kier alpha value is -1.94. The Labute approximate surface area is 549 Å². The smallest absolute Gasteiger partial charge is 0.462 e. The van der Waals surface area contributed by atoms with Crippen LogP contribution in [0.2, 0.25) is 0 Å². The molecule has 0 aliphatic heterocycles. The molecule has 5 atom stereocenters. The number of ether oxygens (including phenoxy) is 4. The Balaban J connectivity index is 5.14. The maximum absolute atomic E-state index is 13.0. The molecular weight excluding hydrogens is 1190 g/mol. The standard InChI is InChI=1S/C71H138O17P2/c1-6-9-12-15-17-19-21-23-25-26-27-28-30-32-34-36-41-46-51-56-70(75)88-67(61-82-69(74)55-50-45-40-35-33-31-29-24-22-20-18-16-13-10-7-2)63-86-90(79,80)84-59-65(72)58-83-89(77,78)85-62-66(60-81-68(73)54-49-43-14-11-8-3)87-71(76)57-52-47-42-38-37-39-44-48-53-64(4)5/h64-67,72H,6-63H2,1-5H3,(H,77,78)(H,79,80)/t65-,66+,67+/m0/s1. The lowest BCUT2D eigenvalue weighted by Crippen LogP contribution is -2.30. The van der Waals surface area contributed by atoms with E-state index in [9.17, 15) is 43.2 Å². The van der Waals surface area contributed by atoms with Crippen LogP contribution in [-0.4, -0.2) is 96.7 Å². The molecule has 0 aromatic rings. The van der Waals surface area contributed by atoms with Gasteiger partial charge in [-0.25, -0.2) is 9.13 Å². The van der Waals surface area contributed by atoms with Gasteiger partial charge in [0.05, 0.1) is 26.4 Å². The first-order chi connectivity index (χ1) is 43.5. The van der Waals surface area contributed by atoms with Crippen molar-refractivity contribution in [2.75, 3.05) is 39.6 Å². The van der Waals surface area contributed by atoms with Gasteiger partial charge in [-0.05, 0) is 31.6 Å². The summed E-state index contributed by atoms with van der Waals surface area (Å²) in [5.41, 5.74) is 0. The van der Waals surface area contributed by atoms with Crippen LogP contribution in [0.15, 0.2) is 0 Å². The number of rotatable bonds is 71. The van der Waals surface area contributed by atoms with Gasteiger partial charge in [0.15, 0.2) is 12.2 Å². The molecule has 0 rings (SSSR count). The molecule has 0 fully saturated rings. The first kappa shape index (κ1) is 88.1. The minimum absolute atomic E-state index is 0.104. The topological polar surface area (TPSA) is 237 Å². The molecule has 0 saturated carbocycles. The quantitative estimate of drug-likeness (QED) is 0.0222. The second-order valence-electron chi connectivity index (χ2n) is 26.1. The van der Waals surface area contributed by atoms with Crippen LogP contribution in [0, 0.1) is 5.92 Å². The summed E-state index contributed by atoms with van der Waals surface area (Å²) < 4.78 is 68.1. The number of unbranched alkanes of at least 4 members (excludes halogenated alkanes) is 43. The number of carbonyl (C=O) groups is 4. The predicted octanol–water partition coefficient (Wildman–Crippen LogP) is 20.5. The molecule has 0 aromatic carbocycles. The number of esters is 4. The first-order valence-corrected chi connectivity index (χ1v) is 40.1. The van der Waals surface area contributed by atoms with E-state index in [-0.39, 0.29) is 25.7 Å². The number of aliphatic hydroxyl groups is 1. The van der Waals surface area contributed by atoms with Gasteiger partial charge in [0.25, 0.3) is 0 Å². The maximum Gasteiger partial charge on any atom is 0.472 e. The second-order valence-corrected chi connectivity index (χ2v) is 29.0. The number of hydrogen-bond donors (Lipinski definition) is 3. The molecule has 19 heteroatoms.